The van der Waals surface area contributed by atoms with Gasteiger partial charge in [-0.1, -0.05) is 0 Å². The van der Waals surface area contributed by atoms with E-state index in [-0.39, 0.29) is 18.1 Å². The maximum absolute atomic E-state index is 12.2. The second-order valence-electron chi connectivity index (χ2n) is 6.12. The van der Waals surface area contributed by atoms with E-state index in [0.29, 0.717) is 12.0 Å². The zero-order valence-electron chi connectivity index (χ0n) is 11.2. The molecule has 2 heterocycles. The molecule has 1 amide bonds. The molecule has 17 heavy (non-hydrogen) atoms. The first-order valence-corrected chi connectivity index (χ1v) is 6.61. The van der Waals surface area contributed by atoms with E-state index >= 15 is 0 Å². The third-order valence-corrected chi connectivity index (χ3v) is 3.63. The number of nitrogens with zero attached hydrogens (tertiary/aromatic N) is 1. The Balaban J connectivity index is 1.90. The quantitative estimate of drug-likeness (QED) is 0.783. The van der Waals surface area contributed by atoms with Crippen LogP contribution in [0, 0.1) is 5.92 Å². The highest BCUT2D eigenvalue weighted by Gasteiger charge is 2.37. The van der Waals surface area contributed by atoms with E-state index in [0.717, 1.165) is 26.1 Å². The Morgan fingerprint density at radius 3 is 2.88 bits per heavy atom. The average Bonchev–Trinajstić information content (AvgIpc) is 2.72. The summed E-state index contributed by atoms with van der Waals surface area (Å²) in [5.41, 5.74) is -0.237. The van der Waals surface area contributed by atoms with Crippen LogP contribution >= 0.6 is 0 Å². The van der Waals surface area contributed by atoms with Crippen LogP contribution in [-0.2, 0) is 9.53 Å². The summed E-state index contributed by atoms with van der Waals surface area (Å²) in [6, 6.07) is 0.403. The number of hydrogen-bond acceptors (Lipinski definition) is 3. The maximum atomic E-state index is 12.2. The normalized spacial score (nSPS) is 29.2. The van der Waals surface area contributed by atoms with Crippen molar-refractivity contribution in [3.8, 4) is 0 Å². The van der Waals surface area contributed by atoms with Gasteiger partial charge in [-0.25, -0.2) is 0 Å². The number of rotatable bonds is 2. The summed E-state index contributed by atoms with van der Waals surface area (Å²) in [6.45, 7) is 9.08. The summed E-state index contributed by atoms with van der Waals surface area (Å²) in [6.07, 6.45) is 2.38. The lowest BCUT2D eigenvalue weighted by molar-refractivity contribution is -0.145. The molecule has 2 saturated heterocycles. The molecular formula is C13H24N2O2. The first kappa shape index (κ1) is 12.8. The molecule has 2 rings (SSSR count). The number of piperidine rings is 1. The van der Waals surface area contributed by atoms with Crippen LogP contribution in [0.3, 0.4) is 0 Å². The first-order chi connectivity index (χ1) is 7.97. The summed E-state index contributed by atoms with van der Waals surface area (Å²) < 4.78 is 5.58. The Labute approximate surface area is 104 Å². The molecule has 4 nitrogen and oxygen atoms in total. The van der Waals surface area contributed by atoms with Gasteiger partial charge in [-0.2, -0.15) is 0 Å². The molecule has 0 spiro atoms. The van der Waals surface area contributed by atoms with Crippen LogP contribution in [0.25, 0.3) is 0 Å². The lowest BCUT2D eigenvalue weighted by Gasteiger charge is -2.37. The van der Waals surface area contributed by atoms with Gasteiger partial charge in [0.05, 0.1) is 5.60 Å². The van der Waals surface area contributed by atoms with Crippen LogP contribution in [-0.4, -0.2) is 48.7 Å². The SMILES string of the molecule is CC(C)(C)OCC(=O)N1CCCC2CNCC21. The van der Waals surface area contributed by atoms with Crippen LogP contribution in [0.1, 0.15) is 33.6 Å². The number of likely N-dealkylation sites (tertiary alicyclic amines) is 1. The van der Waals surface area contributed by atoms with E-state index < -0.39 is 0 Å². The van der Waals surface area contributed by atoms with Crippen LogP contribution in [0.5, 0.6) is 0 Å². The largest absolute Gasteiger partial charge is 0.366 e. The van der Waals surface area contributed by atoms with Crippen LogP contribution in [0.4, 0.5) is 0 Å². The Morgan fingerprint density at radius 2 is 2.18 bits per heavy atom. The third kappa shape index (κ3) is 3.19. The van der Waals surface area contributed by atoms with Crippen molar-refractivity contribution in [2.24, 2.45) is 5.92 Å². The van der Waals surface area contributed by atoms with Crippen LogP contribution < -0.4 is 5.32 Å². The second kappa shape index (κ2) is 4.94. The van der Waals surface area contributed by atoms with E-state index in [2.05, 4.69) is 5.32 Å². The van der Waals surface area contributed by atoms with E-state index in [9.17, 15) is 4.79 Å². The Hall–Kier alpha value is -0.610. The summed E-state index contributed by atoms with van der Waals surface area (Å²) >= 11 is 0. The molecule has 1 N–H and O–H groups in total. The molecular weight excluding hydrogens is 216 g/mol. The van der Waals surface area contributed by atoms with Gasteiger partial charge in [-0.15, -0.1) is 0 Å². The summed E-state index contributed by atoms with van der Waals surface area (Å²) in [5, 5.41) is 3.39. The average molecular weight is 240 g/mol. The number of amides is 1. The maximum Gasteiger partial charge on any atom is 0.248 e. The van der Waals surface area contributed by atoms with Gasteiger partial charge < -0.3 is 15.0 Å². The molecule has 0 radical (unpaired) electrons. The fraction of sp³-hybridized carbons (Fsp3) is 0.923. The molecule has 0 saturated carbocycles. The Morgan fingerprint density at radius 1 is 1.41 bits per heavy atom. The number of fused-ring (bicyclic) bond motifs is 1. The molecule has 2 unspecified atom stereocenters. The van der Waals surface area contributed by atoms with Gasteiger partial charge in [0.1, 0.15) is 6.61 Å². The standard InChI is InChI=1S/C13H24N2O2/c1-13(2,3)17-9-12(16)15-6-4-5-10-7-14-8-11(10)15/h10-11,14H,4-9H2,1-3H3. The molecule has 2 aliphatic rings. The molecule has 2 atom stereocenters. The van der Waals surface area contributed by atoms with E-state index in [1.165, 1.54) is 6.42 Å². The molecule has 2 fully saturated rings. The zero-order chi connectivity index (χ0) is 12.5. The minimum Gasteiger partial charge on any atom is -0.366 e. The molecule has 0 aliphatic carbocycles. The molecule has 0 aromatic heterocycles. The van der Waals surface area contributed by atoms with E-state index in [1.54, 1.807) is 0 Å². The molecule has 0 aromatic carbocycles. The molecule has 98 valence electrons. The van der Waals surface area contributed by atoms with Crippen molar-refractivity contribution in [2.45, 2.75) is 45.3 Å². The van der Waals surface area contributed by atoms with Crippen molar-refractivity contribution < 1.29 is 9.53 Å². The third-order valence-electron chi connectivity index (χ3n) is 3.63. The smallest absolute Gasteiger partial charge is 0.248 e. The van der Waals surface area contributed by atoms with Crippen molar-refractivity contribution >= 4 is 5.91 Å². The molecule has 0 aromatic rings. The summed E-state index contributed by atoms with van der Waals surface area (Å²) in [5.74, 6) is 0.806. The zero-order valence-corrected chi connectivity index (χ0v) is 11.2. The minimum atomic E-state index is -0.237. The van der Waals surface area contributed by atoms with Crippen molar-refractivity contribution in [1.29, 1.82) is 0 Å². The topological polar surface area (TPSA) is 41.6 Å². The number of nitrogens with one attached hydrogen (secondary N) is 1. The summed E-state index contributed by atoms with van der Waals surface area (Å²) in [4.78, 5) is 14.2. The van der Waals surface area contributed by atoms with Gasteiger partial charge in [0.2, 0.25) is 5.91 Å². The molecule has 2 aliphatic heterocycles. The van der Waals surface area contributed by atoms with Crippen molar-refractivity contribution in [1.82, 2.24) is 10.2 Å². The predicted octanol–water partition coefficient (Wildman–Crippen LogP) is 1.01. The van der Waals surface area contributed by atoms with Gasteiger partial charge in [0, 0.05) is 25.7 Å². The monoisotopic (exact) mass is 240 g/mol. The van der Waals surface area contributed by atoms with Crippen molar-refractivity contribution in [3.63, 3.8) is 0 Å². The van der Waals surface area contributed by atoms with E-state index in [4.69, 9.17) is 4.74 Å². The molecule has 0 bridgehead atoms. The fourth-order valence-corrected chi connectivity index (χ4v) is 2.74. The Bertz CT molecular complexity index is 286. The minimum absolute atomic E-state index is 0.151. The van der Waals surface area contributed by atoms with E-state index in [1.807, 2.05) is 25.7 Å². The highest BCUT2D eigenvalue weighted by Crippen LogP contribution is 2.26. The highest BCUT2D eigenvalue weighted by molar-refractivity contribution is 5.78. The Kier molecular flexibility index (Phi) is 3.73. The van der Waals surface area contributed by atoms with Gasteiger partial charge in [-0.3, -0.25) is 4.79 Å². The lowest BCUT2D eigenvalue weighted by Crippen LogP contribution is -2.50. The highest BCUT2D eigenvalue weighted by atomic mass is 16.5. The second-order valence-corrected chi connectivity index (χ2v) is 6.12. The van der Waals surface area contributed by atoms with Crippen molar-refractivity contribution in [2.75, 3.05) is 26.2 Å². The van der Waals surface area contributed by atoms with Crippen molar-refractivity contribution in [3.05, 3.63) is 0 Å². The number of ether oxygens (including phenoxy) is 1. The predicted molar refractivity (Wildman–Crippen MR) is 66.8 cm³/mol. The number of carbonyl (C=O) groups is 1. The summed E-state index contributed by atoms with van der Waals surface area (Å²) in [7, 11) is 0. The van der Waals surface area contributed by atoms with Crippen LogP contribution in [0.15, 0.2) is 0 Å². The first-order valence-electron chi connectivity index (χ1n) is 6.61. The number of hydrogen-bond donors (Lipinski definition) is 1. The fourth-order valence-electron chi connectivity index (χ4n) is 2.74. The van der Waals surface area contributed by atoms with Gasteiger partial charge in [0.25, 0.3) is 0 Å². The van der Waals surface area contributed by atoms with Crippen LogP contribution in [0.2, 0.25) is 0 Å². The lowest BCUT2D eigenvalue weighted by atomic mass is 9.92. The number of carbonyl (C=O) groups excluding carboxylic acids is 1. The van der Waals surface area contributed by atoms with Gasteiger partial charge in [0.15, 0.2) is 0 Å². The van der Waals surface area contributed by atoms with Gasteiger partial charge in [-0.05, 0) is 39.5 Å². The molecule has 4 heteroatoms. The van der Waals surface area contributed by atoms with Gasteiger partial charge >= 0.3 is 0 Å².